The van der Waals surface area contributed by atoms with Crippen LogP contribution in [0.4, 0.5) is 0 Å². The molecule has 0 unspecified atom stereocenters. The Labute approximate surface area is 141 Å². The van der Waals surface area contributed by atoms with Crippen molar-refractivity contribution >= 4 is 10.0 Å². The third-order valence-corrected chi connectivity index (χ3v) is 6.68. The molecule has 8 heteroatoms. The van der Waals surface area contributed by atoms with Crippen LogP contribution >= 0.6 is 0 Å². The molecule has 4 rings (SSSR count). The topological polar surface area (TPSA) is 77.3 Å². The zero-order chi connectivity index (χ0) is 16.7. The Balaban J connectivity index is 1.50. The Hall–Kier alpha value is -1.93. The van der Waals surface area contributed by atoms with Gasteiger partial charge in [0.25, 0.3) is 10.0 Å². The van der Waals surface area contributed by atoms with E-state index in [0.717, 1.165) is 18.6 Å². The van der Waals surface area contributed by atoms with E-state index in [1.165, 1.54) is 6.33 Å². The number of nitrogens with zero attached hydrogens (tertiary/aromatic N) is 4. The fourth-order valence-corrected chi connectivity index (χ4v) is 5.26. The van der Waals surface area contributed by atoms with Gasteiger partial charge in [0.15, 0.2) is 5.03 Å². The van der Waals surface area contributed by atoms with E-state index in [1.807, 2.05) is 12.1 Å². The lowest BCUT2D eigenvalue weighted by Gasteiger charge is -2.21. The standard InChI is InChI=1S/C16H20N4O3S/c1-19-10-16(18-11-19)24(21,22)20-8-12-4-5-15(14(12)9-20)23-13-3-2-6-17-7-13/h2-3,6-7,10-12,14-15H,4-5,8-9H2,1H3/t12-,14+,15-/m1/s1. The molecule has 7 nitrogen and oxygen atoms in total. The minimum atomic E-state index is -3.52. The van der Waals surface area contributed by atoms with Crippen molar-refractivity contribution in [1.82, 2.24) is 18.8 Å². The number of fused-ring (bicyclic) bond motifs is 1. The lowest BCUT2D eigenvalue weighted by Crippen LogP contribution is -2.32. The number of aromatic nitrogens is 3. The van der Waals surface area contributed by atoms with Crippen molar-refractivity contribution in [3.8, 4) is 5.75 Å². The van der Waals surface area contributed by atoms with E-state index in [-0.39, 0.29) is 17.0 Å². The van der Waals surface area contributed by atoms with E-state index in [9.17, 15) is 8.42 Å². The second kappa shape index (κ2) is 5.86. The largest absolute Gasteiger partial charge is 0.488 e. The number of hydrogen-bond acceptors (Lipinski definition) is 5. The molecule has 1 saturated carbocycles. The molecule has 3 atom stereocenters. The molecule has 0 bridgehead atoms. The minimum absolute atomic E-state index is 0.0446. The van der Waals surface area contributed by atoms with Crippen LogP contribution in [-0.4, -0.2) is 46.5 Å². The van der Waals surface area contributed by atoms with Crippen LogP contribution in [0.3, 0.4) is 0 Å². The average molecular weight is 348 g/mol. The highest BCUT2D eigenvalue weighted by molar-refractivity contribution is 7.89. The molecule has 0 amide bonds. The van der Waals surface area contributed by atoms with Gasteiger partial charge in [0.1, 0.15) is 11.9 Å². The van der Waals surface area contributed by atoms with Crippen LogP contribution in [0.25, 0.3) is 0 Å². The zero-order valence-corrected chi connectivity index (χ0v) is 14.3. The summed E-state index contributed by atoms with van der Waals surface area (Å²) in [5.74, 6) is 1.32. The van der Waals surface area contributed by atoms with Crippen LogP contribution in [0.2, 0.25) is 0 Å². The summed E-state index contributed by atoms with van der Waals surface area (Å²) < 4.78 is 34.8. The normalized spacial score (nSPS) is 27.3. The van der Waals surface area contributed by atoms with Gasteiger partial charge in [0.2, 0.25) is 0 Å². The Morgan fingerprint density at radius 1 is 1.29 bits per heavy atom. The summed E-state index contributed by atoms with van der Waals surface area (Å²) in [4.78, 5) is 8.07. The van der Waals surface area contributed by atoms with Crippen molar-refractivity contribution in [2.75, 3.05) is 13.1 Å². The monoisotopic (exact) mass is 348 g/mol. The van der Waals surface area contributed by atoms with Crippen LogP contribution in [0, 0.1) is 11.8 Å². The first kappa shape index (κ1) is 15.6. The predicted octanol–water partition coefficient (Wildman–Crippen LogP) is 1.29. The van der Waals surface area contributed by atoms with Crippen LogP contribution in [0.5, 0.6) is 5.75 Å². The molecule has 2 fully saturated rings. The minimum Gasteiger partial charge on any atom is -0.488 e. The number of pyridine rings is 1. The molecule has 3 heterocycles. The maximum Gasteiger partial charge on any atom is 0.262 e. The van der Waals surface area contributed by atoms with Crippen LogP contribution in [-0.2, 0) is 17.1 Å². The molecular formula is C16H20N4O3S. The van der Waals surface area contributed by atoms with Crippen molar-refractivity contribution in [2.24, 2.45) is 18.9 Å². The van der Waals surface area contributed by atoms with Crippen LogP contribution in [0.1, 0.15) is 12.8 Å². The first-order valence-corrected chi connectivity index (χ1v) is 9.53. The lowest BCUT2D eigenvalue weighted by atomic mass is 9.99. The van der Waals surface area contributed by atoms with Crippen LogP contribution in [0.15, 0.2) is 42.1 Å². The van der Waals surface area contributed by atoms with Gasteiger partial charge in [-0.05, 0) is 30.9 Å². The summed E-state index contributed by atoms with van der Waals surface area (Å²) in [7, 11) is -1.76. The third kappa shape index (κ3) is 2.69. The first-order chi connectivity index (χ1) is 11.5. The molecule has 0 radical (unpaired) electrons. The van der Waals surface area contributed by atoms with Crippen molar-refractivity contribution in [3.63, 3.8) is 0 Å². The molecule has 1 saturated heterocycles. The summed E-state index contributed by atoms with van der Waals surface area (Å²) in [5.41, 5.74) is 0. The van der Waals surface area contributed by atoms with Gasteiger partial charge in [0.05, 0.1) is 12.5 Å². The maximum atomic E-state index is 12.7. The zero-order valence-electron chi connectivity index (χ0n) is 13.4. The summed E-state index contributed by atoms with van der Waals surface area (Å²) in [6.07, 6.45) is 8.46. The summed E-state index contributed by atoms with van der Waals surface area (Å²) in [6, 6.07) is 3.73. The molecule has 0 aromatic carbocycles. The van der Waals surface area contributed by atoms with Crippen LogP contribution < -0.4 is 4.74 Å². The number of sulfonamides is 1. The van der Waals surface area contributed by atoms with E-state index in [2.05, 4.69) is 9.97 Å². The molecular weight excluding hydrogens is 328 g/mol. The number of rotatable bonds is 4. The lowest BCUT2D eigenvalue weighted by molar-refractivity contribution is 0.154. The van der Waals surface area contributed by atoms with Crippen molar-refractivity contribution in [3.05, 3.63) is 37.1 Å². The number of aryl methyl sites for hydroxylation is 1. The van der Waals surface area contributed by atoms with Gasteiger partial charge in [0, 0.05) is 38.4 Å². The van der Waals surface area contributed by atoms with Gasteiger partial charge in [-0.2, -0.15) is 4.31 Å². The highest BCUT2D eigenvalue weighted by Crippen LogP contribution is 2.41. The molecule has 0 N–H and O–H groups in total. The number of hydrogen-bond donors (Lipinski definition) is 0. The van der Waals surface area contributed by atoms with Gasteiger partial charge >= 0.3 is 0 Å². The molecule has 0 spiro atoms. The van der Waals surface area contributed by atoms with Crippen molar-refractivity contribution < 1.29 is 13.2 Å². The van der Waals surface area contributed by atoms with Gasteiger partial charge in [-0.25, -0.2) is 13.4 Å². The van der Waals surface area contributed by atoms with Crippen molar-refractivity contribution in [1.29, 1.82) is 0 Å². The SMILES string of the molecule is Cn1cnc(S(=O)(=O)N2C[C@H]3CC[C@@H](Oc4cccnc4)[C@H]3C2)c1. The van der Waals surface area contributed by atoms with E-state index >= 15 is 0 Å². The molecule has 128 valence electrons. The van der Waals surface area contributed by atoms with Gasteiger partial charge < -0.3 is 9.30 Å². The second-order valence-electron chi connectivity index (χ2n) is 6.55. The quantitative estimate of drug-likeness (QED) is 0.832. The molecule has 2 aromatic rings. The van der Waals surface area contributed by atoms with E-state index in [4.69, 9.17) is 4.74 Å². The van der Waals surface area contributed by atoms with E-state index in [0.29, 0.717) is 19.0 Å². The molecule has 2 aliphatic rings. The van der Waals surface area contributed by atoms with Gasteiger partial charge in [-0.15, -0.1) is 0 Å². The van der Waals surface area contributed by atoms with E-state index < -0.39 is 10.0 Å². The first-order valence-electron chi connectivity index (χ1n) is 8.09. The maximum absolute atomic E-state index is 12.7. The smallest absolute Gasteiger partial charge is 0.262 e. The second-order valence-corrected chi connectivity index (χ2v) is 8.43. The molecule has 2 aromatic heterocycles. The fraction of sp³-hybridized carbons (Fsp3) is 0.500. The molecule has 24 heavy (non-hydrogen) atoms. The highest BCUT2D eigenvalue weighted by Gasteiger charge is 2.47. The summed E-state index contributed by atoms with van der Waals surface area (Å²) >= 11 is 0. The Bertz CT molecular complexity index is 821. The Kier molecular flexibility index (Phi) is 3.80. The molecule has 1 aliphatic heterocycles. The van der Waals surface area contributed by atoms with Crippen molar-refractivity contribution in [2.45, 2.75) is 24.0 Å². The number of ether oxygens (including phenoxy) is 1. The van der Waals surface area contributed by atoms with E-state index in [1.54, 1.807) is 34.5 Å². The third-order valence-electron chi connectivity index (χ3n) is 4.96. The Morgan fingerprint density at radius 2 is 2.17 bits per heavy atom. The van der Waals surface area contributed by atoms with Gasteiger partial charge in [-0.3, -0.25) is 4.98 Å². The summed E-state index contributed by atoms with van der Waals surface area (Å²) in [5, 5.41) is 0.120. The molecule has 1 aliphatic carbocycles. The van der Waals surface area contributed by atoms with Gasteiger partial charge in [-0.1, -0.05) is 0 Å². The predicted molar refractivity (Wildman–Crippen MR) is 86.8 cm³/mol. The highest BCUT2D eigenvalue weighted by atomic mass is 32.2. The number of imidazole rings is 1. The Morgan fingerprint density at radius 3 is 2.88 bits per heavy atom. The average Bonchev–Trinajstić information content (AvgIpc) is 3.26. The summed E-state index contributed by atoms with van der Waals surface area (Å²) in [6.45, 7) is 1.05. The fourth-order valence-electron chi connectivity index (χ4n) is 3.76.